The van der Waals surface area contributed by atoms with Gasteiger partial charge < -0.3 is 72.6 Å². The predicted molar refractivity (Wildman–Crippen MR) is 318 cm³/mol. The number of aromatic amines is 2. The van der Waals surface area contributed by atoms with Crippen molar-refractivity contribution in [1.29, 1.82) is 0 Å². The van der Waals surface area contributed by atoms with Crippen LogP contribution in [-0.2, 0) is 70.4 Å². The van der Waals surface area contributed by atoms with Crippen LogP contribution in [0.25, 0.3) is 0 Å². The third kappa shape index (κ3) is 21.1. The Morgan fingerprint density at radius 1 is 0.605 bits per heavy atom. The van der Waals surface area contributed by atoms with Gasteiger partial charge in [-0.1, -0.05) is 82.3 Å². The van der Waals surface area contributed by atoms with Gasteiger partial charge in [0, 0.05) is 68.3 Å². The minimum atomic E-state index is -1.35. The van der Waals surface area contributed by atoms with E-state index >= 15 is 0 Å². The highest BCUT2D eigenvalue weighted by molar-refractivity contribution is 5.96. The van der Waals surface area contributed by atoms with Gasteiger partial charge in [-0.05, 0) is 106 Å². The van der Waals surface area contributed by atoms with Crippen molar-refractivity contribution in [3.8, 4) is 11.5 Å². The Balaban J connectivity index is 1.21. The van der Waals surface area contributed by atoms with Crippen molar-refractivity contribution in [2.75, 3.05) is 6.54 Å². The maximum Gasteiger partial charge on any atom is 0.408 e. The lowest BCUT2D eigenvalue weighted by atomic mass is 9.86. The van der Waals surface area contributed by atoms with E-state index in [0.29, 0.717) is 34.5 Å². The molecule has 0 aliphatic carbocycles. The van der Waals surface area contributed by atoms with Crippen LogP contribution in [0, 0.1) is 17.8 Å². The Morgan fingerprint density at radius 2 is 1.08 bits per heavy atom. The van der Waals surface area contributed by atoms with Crippen LogP contribution < -0.4 is 37.6 Å². The summed E-state index contributed by atoms with van der Waals surface area (Å²) in [5.74, 6) is -5.89. The number of imidazole rings is 2. The molecule has 0 saturated carbocycles. The van der Waals surface area contributed by atoms with Crippen molar-refractivity contribution < 1.29 is 58.4 Å². The van der Waals surface area contributed by atoms with Gasteiger partial charge in [0.1, 0.15) is 53.4 Å². The van der Waals surface area contributed by atoms with Gasteiger partial charge in [0.05, 0.1) is 24.8 Å². The summed E-state index contributed by atoms with van der Waals surface area (Å²) in [6.45, 7) is 12.8. The van der Waals surface area contributed by atoms with Gasteiger partial charge in [-0.15, -0.1) is 0 Å². The second-order valence-electron chi connectivity index (χ2n) is 23.9. The summed E-state index contributed by atoms with van der Waals surface area (Å²) in [6.07, 6.45) is 4.51. The Bertz CT molecular complexity index is 3010. The highest BCUT2D eigenvalue weighted by Gasteiger charge is 2.41. The lowest BCUT2D eigenvalue weighted by Gasteiger charge is -2.32. The lowest BCUT2D eigenvalue weighted by molar-refractivity contribution is -0.141. The molecule has 1 saturated heterocycles. The van der Waals surface area contributed by atoms with Crippen LogP contribution in [0.3, 0.4) is 0 Å². The fourth-order valence-electron chi connectivity index (χ4n) is 10.4. The quantitative estimate of drug-likeness (QED) is 0.0314. The van der Waals surface area contributed by atoms with Crippen LogP contribution in [0.5, 0.6) is 11.5 Å². The van der Waals surface area contributed by atoms with Crippen molar-refractivity contribution in [3.63, 3.8) is 0 Å². The Labute approximate surface area is 501 Å². The number of amides is 8. The molecule has 1 aliphatic rings. The number of aliphatic hydroxyl groups is 1. The number of nitrogens with one attached hydrogen (secondary N) is 8. The Morgan fingerprint density at radius 3 is 1.59 bits per heavy atom. The molecule has 6 rings (SSSR count). The molecule has 464 valence electrons. The van der Waals surface area contributed by atoms with Gasteiger partial charge in [-0.3, -0.25) is 33.6 Å². The molecule has 24 heteroatoms. The summed E-state index contributed by atoms with van der Waals surface area (Å²) in [5.41, 5.74) is 7.76. The number of rotatable bonds is 30. The van der Waals surface area contributed by atoms with Gasteiger partial charge in [-0.2, -0.15) is 0 Å². The summed E-state index contributed by atoms with van der Waals surface area (Å²) >= 11 is 0. The second-order valence-corrected chi connectivity index (χ2v) is 23.9. The molecule has 0 bridgehead atoms. The van der Waals surface area contributed by atoms with E-state index in [9.17, 15) is 53.7 Å². The zero-order valence-corrected chi connectivity index (χ0v) is 49.9. The summed E-state index contributed by atoms with van der Waals surface area (Å²) in [4.78, 5) is 129. The number of aromatic hydroxyl groups is 2. The molecule has 5 aromatic rings. The number of benzene rings is 3. The molecule has 0 unspecified atom stereocenters. The molecule has 13 N–H and O–H groups in total. The van der Waals surface area contributed by atoms with Gasteiger partial charge in [-0.25, -0.2) is 14.8 Å². The average molecular weight is 1190 g/mol. The number of aromatic nitrogens is 4. The van der Waals surface area contributed by atoms with E-state index in [1.54, 1.807) is 75.4 Å². The first-order chi connectivity index (χ1) is 40.8. The van der Waals surface area contributed by atoms with Crippen LogP contribution in [0.1, 0.15) is 109 Å². The smallest absolute Gasteiger partial charge is 0.408 e. The number of alkyl carbamates (subject to hydrolysis) is 1. The minimum absolute atomic E-state index is 0.00539. The van der Waals surface area contributed by atoms with E-state index in [2.05, 4.69) is 51.8 Å². The van der Waals surface area contributed by atoms with Gasteiger partial charge in [0.25, 0.3) is 0 Å². The van der Waals surface area contributed by atoms with E-state index in [1.165, 1.54) is 54.2 Å². The number of ether oxygens (including phenoxy) is 1. The third-order valence-electron chi connectivity index (χ3n) is 14.5. The number of H-pyrrole nitrogens is 2. The normalized spacial score (nSPS) is 16.1. The van der Waals surface area contributed by atoms with Gasteiger partial charge >= 0.3 is 6.09 Å². The fraction of sp³-hybridized carbons (Fsp3) is 0.484. The van der Waals surface area contributed by atoms with Crippen molar-refractivity contribution in [3.05, 3.63) is 132 Å². The Kier molecular flexibility index (Phi) is 24.2. The number of aliphatic hydroxyl groups excluding tert-OH is 1. The molecule has 3 heterocycles. The van der Waals surface area contributed by atoms with E-state index in [-0.39, 0.29) is 87.7 Å². The topological polar surface area (TPSA) is 365 Å². The first-order valence-electron chi connectivity index (χ1n) is 29.1. The van der Waals surface area contributed by atoms with Crippen LogP contribution in [-0.4, -0.2) is 148 Å². The molecule has 0 radical (unpaired) electrons. The van der Waals surface area contributed by atoms with Gasteiger partial charge in [0.2, 0.25) is 41.4 Å². The Hall–Kier alpha value is -8.80. The number of hydrogen-bond donors (Lipinski definition) is 12. The van der Waals surface area contributed by atoms with Crippen LogP contribution >= 0.6 is 0 Å². The highest BCUT2D eigenvalue weighted by atomic mass is 16.6. The molecular formula is C62H84N12O12. The summed E-state index contributed by atoms with van der Waals surface area (Å²) in [6, 6.07) is 12.7. The molecule has 24 nitrogen and oxygen atoms in total. The van der Waals surface area contributed by atoms with E-state index in [4.69, 9.17) is 10.5 Å². The van der Waals surface area contributed by atoms with Crippen molar-refractivity contribution in [1.82, 2.24) is 56.7 Å². The molecule has 1 aliphatic heterocycles. The lowest BCUT2D eigenvalue weighted by Crippen LogP contribution is -2.59. The predicted octanol–water partition coefficient (Wildman–Crippen LogP) is 3.31. The number of hydrogen-bond acceptors (Lipinski definition) is 14. The van der Waals surface area contributed by atoms with Crippen LogP contribution in [0.4, 0.5) is 4.79 Å². The first kappa shape index (κ1) is 66.3. The maximum absolute atomic E-state index is 14.8. The molecule has 8 amide bonds. The molecule has 1 fully saturated rings. The van der Waals surface area contributed by atoms with Crippen LogP contribution in [0.15, 0.2) is 104 Å². The average Bonchev–Trinajstić information content (AvgIpc) is 3.74. The van der Waals surface area contributed by atoms with Crippen molar-refractivity contribution in [2.24, 2.45) is 23.5 Å². The first-order valence-corrected chi connectivity index (χ1v) is 29.1. The maximum atomic E-state index is 14.8. The number of primary amides is 1. The minimum Gasteiger partial charge on any atom is -0.508 e. The summed E-state index contributed by atoms with van der Waals surface area (Å²) < 4.78 is 5.48. The monoisotopic (exact) mass is 1190 g/mol. The molecular weight excluding hydrogens is 1100 g/mol. The number of carbonyl (C=O) groups is 8. The number of phenolic OH excluding ortho intramolecular Hbond substituents is 2. The standard InChI is InChI=1S/C62H84N12O12/c1-36(2)24-41(55(79)70-48(28-40-17-21-45(76)22-18-40)56(80)69-47(54(63)78)26-39-15-19-44(75)20-16-39)29-53(77)46(25-37(3)4)68-58(82)50(30-42-32-64-34-66-42)71-57(81)49(27-38-12-9-8-10-13-38)72-59(83)52-14-11-23-74(52)60(84)51(31-43-33-65-35-67-43)73-61(85)86-62(5,6)7/h8-10,12-13,15-22,32-37,41,46-53,75-77H,11,14,23-31H2,1-7H3,(H2,63,78)(H,64,66)(H,65,67)(H,68,82)(H,69,80)(H,70,79)(H,71,81)(H,72,83)(H,73,85)/t41-,46+,47+,48+,49+,50+,51+,52+,53+/m1/s1. The molecule has 0 spiro atoms. The van der Waals surface area contributed by atoms with E-state index < -0.39 is 107 Å². The zero-order valence-electron chi connectivity index (χ0n) is 49.9. The number of nitrogens with zero attached hydrogens (tertiary/aromatic N) is 3. The van der Waals surface area contributed by atoms with Crippen molar-refractivity contribution in [2.45, 2.75) is 167 Å². The largest absolute Gasteiger partial charge is 0.508 e. The van der Waals surface area contributed by atoms with E-state index in [1.807, 2.05) is 27.7 Å². The third-order valence-corrected chi connectivity index (χ3v) is 14.5. The van der Waals surface area contributed by atoms with Crippen LogP contribution in [0.2, 0.25) is 0 Å². The number of phenols is 2. The number of carbonyl (C=O) groups excluding carboxylic acids is 8. The SMILES string of the molecule is CC(C)C[C@H](C[C@H](O)[C@H](CC(C)C)NC(=O)[C@H](Cc1cnc[nH]1)NC(=O)[C@H](Cc1ccccc1)NC(=O)[C@@H]1CCCN1C(=O)[C@H](Cc1cnc[nH]1)NC(=O)OC(C)(C)C)C(=O)N[C@@H](Cc1ccc(O)cc1)C(=O)N[C@@H](Cc1ccc(O)cc1)C(N)=O. The molecule has 3 aromatic carbocycles. The highest BCUT2D eigenvalue weighted by Crippen LogP contribution is 2.25. The summed E-state index contributed by atoms with van der Waals surface area (Å²) in [5, 5.41) is 49.0. The zero-order chi connectivity index (χ0) is 62.7. The van der Waals surface area contributed by atoms with Crippen molar-refractivity contribution >= 4 is 47.4 Å². The molecule has 86 heavy (non-hydrogen) atoms. The number of likely N-dealkylation sites (tertiary alicyclic amines) is 1. The fourth-order valence-corrected chi connectivity index (χ4v) is 10.4. The molecule has 2 aromatic heterocycles. The van der Waals surface area contributed by atoms with E-state index in [0.717, 1.165) is 0 Å². The number of nitrogens with two attached hydrogens (primary N) is 1. The van der Waals surface area contributed by atoms with Gasteiger partial charge in [0.15, 0.2) is 0 Å². The summed E-state index contributed by atoms with van der Waals surface area (Å²) in [7, 11) is 0. The molecule has 9 atom stereocenters. The second kappa shape index (κ2) is 31.4.